The molecule has 1 saturated carbocycles. The van der Waals surface area contributed by atoms with Crippen LogP contribution in [0.3, 0.4) is 0 Å². The van der Waals surface area contributed by atoms with E-state index in [-0.39, 0.29) is 18.2 Å². The number of carbonyl (C=O) groups excluding carboxylic acids is 1. The summed E-state index contributed by atoms with van der Waals surface area (Å²) in [6.07, 6.45) is 8.82. The molecule has 30 heavy (non-hydrogen) atoms. The first-order chi connectivity index (χ1) is 14.5. The maximum Gasteiger partial charge on any atom is 0.303 e. The summed E-state index contributed by atoms with van der Waals surface area (Å²) in [4.78, 5) is 33.2. The smallest absolute Gasteiger partial charge is 0.303 e. The minimum atomic E-state index is -0.744. The second kappa shape index (κ2) is 10.6. The van der Waals surface area contributed by atoms with Crippen molar-refractivity contribution >= 4 is 23.5 Å². The molecule has 0 spiro atoms. The van der Waals surface area contributed by atoms with Gasteiger partial charge in [-0.25, -0.2) is 4.98 Å². The SMILES string of the molecule is CCCNc1nc(N2CCCC(CC(=O)O)C2)ccc1C(=O)N(C)C1CCCCC1. The minimum Gasteiger partial charge on any atom is -0.481 e. The number of rotatable bonds is 8. The van der Waals surface area contributed by atoms with Gasteiger partial charge < -0.3 is 20.2 Å². The van der Waals surface area contributed by atoms with Gasteiger partial charge in [0.25, 0.3) is 5.91 Å². The van der Waals surface area contributed by atoms with Gasteiger partial charge in [0.2, 0.25) is 0 Å². The van der Waals surface area contributed by atoms with Crippen LogP contribution in [0.15, 0.2) is 12.1 Å². The number of aliphatic carboxylic acids is 1. The van der Waals surface area contributed by atoms with Gasteiger partial charge in [-0.2, -0.15) is 0 Å². The van der Waals surface area contributed by atoms with Crippen molar-refractivity contribution in [2.45, 2.75) is 70.8 Å². The summed E-state index contributed by atoms with van der Waals surface area (Å²) in [6, 6.07) is 4.12. The molecule has 1 aliphatic heterocycles. The Morgan fingerprint density at radius 2 is 1.97 bits per heavy atom. The average Bonchev–Trinajstić information content (AvgIpc) is 2.77. The van der Waals surface area contributed by atoms with Crippen molar-refractivity contribution in [3.8, 4) is 0 Å². The summed E-state index contributed by atoms with van der Waals surface area (Å²) in [5, 5.41) is 12.5. The third kappa shape index (κ3) is 5.64. The third-order valence-corrected chi connectivity index (χ3v) is 6.40. The number of pyridine rings is 1. The van der Waals surface area contributed by atoms with Crippen LogP contribution < -0.4 is 10.2 Å². The molecule has 7 nitrogen and oxygen atoms in total. The van der Waals surface area contributed by atoms with E-state index in [9.17, 15) is 9.59 Å². The van der Waals surface area contributed by atoms with Crippen molar-refractivity contribution in [2.24, 2.45) is 5.92 Å². The van der Waals surface area contributed by atoms with Gasteiger partial charge in [-0.1, -0.05) is 26.2 Å². The number of anilines is 2. The number of hydrogen-bond donors (Lipinski definition) is 2. The standard InChI is InChI=1S/C23H36N4O3/c1-3-13-24-22-19(23(30)26(2)18-9-5-4-6-10-18)11-12-20(25-22)27-14-7-8-17(16-27)15-21(28)29/h11-12,17-18H,3-10,13-16H2,1-2H3,(H,24,25)(H,28,29). The zero-order valence-corrected chi connectivity index (χ0v) is 18.4. The Bertz CT molecular complexity index is 733. The van der Waals surface area contributed by atoms with Gasteiger partial charge in [-0.15, -0.1) is 0 Å². The average molecular weight is 417 g/mol. The number of carboxylic acids is 1. The molecule has 1 saturated heterocycles. The summed E-state index contributed by atoms with van der Waals surface area (Å²) in [7, 11) is 1.91. The van der Waals surface area contributed by atoms with E-state index in [1.165, 1.54) is 19.3 Å². The van der Waals surface area contributed by atoms with Gasteiger partial charge in [0, 0.05) is 39.1 Å². The highest BCUT2D eigenvalue weighted by molar-refractivity contribution is 5.99. The van der Waals surface area contributed by atoms with Crippen LogP contribution in [0.1, 0.15) is 75.1 Å². The molecule has 1 aromatic rings. The van der Waals surface area contributed by atoms with Crippen molar-refractivity contribution in [2.75, 3.05) is 36.9 Å². The molecule has 2 heterocycles. The van der Waals surface area contributed by atoms with Gasteiger partial charge in [-0.05, 0) is 50.2 Å². The van der Waals surface area contributed by atoms with Crippen LogP contribution in [0, 0.1) is 5.92 Å². The second-order valence-corrected chi connectivity index (χ2v) is 8.75. The zero-order chi connectivity index (χ0) is 21.5. The number of aromatic nitrogens is 1. The fraction of sp³-hybridized carbons (Fsp3) is 0.696. The van der Waals surface area contributed by atoms with Gasteiger partial charge in [0.1, 0.15) is 11.6 Å². The monoisotopic (exact) mass is 416 g/mol. The van der Waals surface area contributed by atoms with Crippen molar-refractivity contribution in [1.29, 1.82) is 0 Å². The Morgan fingerprint density at radius 1 is 1.20 bits per heavy atom. The molecule has 166 valence electrons. The van der Waals surface area contributed by atoms with Crippen LogP contribution in [0.5, 0.6) is 0 Å². The summed E-state index contributed by atoms with van der Waals surface area (Å²) in [5.74, 6) is 0.889. The van der Waals surface area contributed by atoms with Gasteiger partial charge >= 0.3 is 5.97 Å². The highest BCUT2D eigenvalue weighted by atomic mass is 16.4. The number of hydrogen-bond acceptors (Lipinski definition) is 5. The Labute approximate surface area is 179 Å². The van der Waals surface area contributed by atoms with Crippen LogP contribution in [0.2, 0.25) is 0 Å². The van der Waals surface area contributed by atoms with E-state index in [1.807, 2.05) is 24.1 Å². The largest absolute Gasteiger partial charge is 0.481 e. The molecule has 1 aromatic heterocycles. The van der Waals surface area contributed by atoms with E-state index in [4.69, 9.17) is 10.1 Å². The van der Waals surface area contributed by atoms with Crippen molar-refractivity contribution in [1.82, 2.24) is 9.88 Å². The topological polar surface area (TPSA) is 85.8 Å². The molecule has 1 aliphatic carbocycles. The molecular weight excluding hydrogens is 380 g/mol. The van der Waals surface area contributed by atoms with Crippen LogP contribution in [-0.2, 0) is 4.79 Å². The van der Waals surface area contributed by atoms with E-state index in [2.05, 4.69) is 17.1 Å². The van der Waals surface area contributed by atoms with Crippen molar-refractivity contribution in [3.63, 3.8) is 0 Å². The maximum atomic E-state index is 13.3. The molecule has 0 aromatic carbocycles. The number of amides is 1. The quantitative estimate of drug-likeness (QED) is 0.666. The van der Waals surface area contributed by atoms with Crippen molar-refractivity contribution in [3.05, 3.63) is 17.7 Å². The lowest BCUT2D eigenvalue weighted by atomic mass is 9.94. The molecule has 2 N–H and O–H groups in total. The van der Waals surface area contributed by atoms with Crippen LogP contribution in [0.4, 0.5) is 11.6 Å². The lowest BCUT2D eigenvalue weighted by Crippen LogP contribution is -2.39. The number of carbonyl (C=O) groups is 2. The first-order valence-corrected chi connectivity index (χ1v) is 11.5. The Hall–Kier alpha value is -2.31. The summed E-state index contributed by atoms with van der Waals surface area (Å²) < 4.78 is 0. The maximum absolute atomic E-state index is 13.3. The fourth-order valence-corrected chi connectivity index (χ4v) is 4.69. The summed E-state index contributed by atoms with van der Waals surface area (Å²) in [5.41, 5.74) is 0.624. The Balaban J connectivity index is 1.79. The lowest BCUT2D eigenvalue weighted by molar-refractivity contribution is -0.138. The molecule has 0 radical (unpaired) electrons. The zero-order valence-electron chi connectivity index (χ0n) is 18.4. The predicted octanol–water partition coefficient (Wildman–Crippen LogP) is 4.00. The van der Waals surface area contributed by atoms with Crippen LogP contribution in [-0.4, -0.2) is 59.6 Å². The summed E-state index contributed by atoms with van der Waals surface area (Å²) >= 11 is 0. The first kappa shape index (κ1) is 22.4. The fourth-order valence-electron chi connectivity index (χ4n) is 4.69. The molecule has 2 fully saturated rings. The van der Waals surface area contributed by atoms with Gasteiger partial charge in [-0.3, -0.25) is 9.59 Å². The lowest BCUT2D eigenvalue weighted by Gasteiger charge is -2.34. The molecule has 1 amide bonds. The minimum absolute atomic E-state index is 0.0296. The summed E-state index contributed by atoms with van der Waals surface area (Å²) in [6.45, 7) is 4.41. The number of nitrogens with zero attached hydrogens (tertiary/aromatic N) is 3. The van der Waals surface area contributed by atoms with E-state index in [0.29, 0.717) is 24.0 Å². The number of piperidine rings is 1. The second-order valence-electron chi connectivity index (χ2n) is 8.75. The third-order valence-electron chi connectivity index (χ3n) is 6.40. The molecular formula is C23H36N4O3. The normalized spacial score (nSPS) is 20.1. The first-order valence-electron chi connectivity index (χ1n) is 11.5. The van der Waals surface area contributed by atoms with Gasteiger partial charge in [0.05, 0.1) is 5.56 Å². The number of nitrogens with one attached hydrogen (secondary N) is 1. The van der Waals surface area contributed by atoms with Crippen LogP contribution in [0.25, 0.3) is 0 Å². The van der Waals surface area contributed by atoms with E-state index < -0.39 is 5.97 Å². The molecule has 7 heteroatoms. The Kier molecular flexibility index (Phi) is 7.94. The van der Waals surface area contributed by atoms with E-state index in [1.54, 1.807) is 0 Å². The van der Waals surface area contributed by atoms with E-state index >= 15 is 0 Å². The van der Waals surface area contributed by atoms with Gasteiger partial charge in [0.15, 0.2) is 0 Å². The highest BCUT2D eigenvalue weighted by Gasteiger charge is 2.27. The molecule has 3 rings (SSSR count). The highest BCUT2D eigenvalue weighted by Crippen LogP contribution is 2.28. The Morgan fingerprint density at radius 3 is 2.67 bits per heavy atom. The molecule has 1 atom stereocenters. The predicted molar refractivity (Wildman–Crippen MR) is 119 cm³/mol. The molecule has 2 aliphatic rings. The molecule has 1 unspecified atom stereocenters. The van der Waals surface area contributed by atoms with Crippen LogP contribution >= 0.6 is 0 Å². The molecule has 0 bridgehead atoms. The van der Waals surface area contributed by atoms with Crippen molar-refractivity contribution < 1.29 is 14.7 Å². The number of carboxylic acid groups (broad SMARTS) is 1. The van der Waals surface area contributed by atoms with E-state index in [0.717, 1.165) is 51.0 Å².